The second-order valence-corrected chi connectivity index (χ2v) is 9.98. The summed E-state index contributed by atoms with van der Waals surface area (Å²) in [5.74, 6) is -1.12. The molecule has 10 nitrogen and oxygen atoms in total. The first-order valence-corrected chi connectivity index (χ1v) is 10.3. The summed E-state index contributed by atoms with van der Waals surface area (Å²) in [4.78, 5) is 23.6. The highest BCUT2D eigenvalue weighted by atomic mass is 31.2. The molecule has 0 amide bonds. The van der Waals surface area contributed by atoms with Crippen molar-refractivity contribution in [2.24, 2.45) is 10.8 Å². The Kier molecular flexibility index (Phi) is 9.05. The third-order valence-corrected chi connectivity index (χ3v) is 4.60. The Bertz CT molecular complexity index is 541. The second kappa shape index (κ2) is 10.1. The van der Waals surface area contributed by atoms with E-state index in [2.05, 4.69) is 0 Å². The van der Waals surface area contributed by atoms with Crippen molar-refractivity contribution >= 4 is 19.8 Å². The molecule has 0 radical (unpaired) electrons. The standard InChI is InChI=1S/C17H31O10P/c1-12-8-21-13(27-12)9-24-28(20,25-10-22-14(18)16(2,3)4)26-11-23-15(19)17(5,6)7/h12-13H,8-11H2,1-7H3/t12-,13+/m1/s1. The highest BCUT2D eigenvalue weighted by Crippen LogP contribution is 2.49. The predicted octanol–water partition coefficient (Wildman–Crippen LogP) is 3.00. The zero-order chi connectivity index (χ0) is 21.6. The van der Waals surface area contributed by atoms with Gasteiger partial charge in [0, 0.05) is 0 Å². The molecule has 0 saturated carbocycles. The maximum Gasteiger partial charge on any atom is 0.480 e. The van der Waals surface area contributed by atoms with Crippen LogP contribution in [-0.4, -0.2) is 51.1 Å². The largest absolute Gasteiger partial charge is 0.480 e. The van der Waals surface area contributed by atoms with E-state index in [4.69, 9.17) is 32.5 Å². The number of hydrogen-bond acceptors (Lipinski definition) is 10. The maximum atomic E-state index is 12.8. The van der Waals surface area contributed by atoms with Crippen LogP contribution in [0.25, 0.3) is 0 Å². The van der Waals surface area contributed by atoms with Gasteiger partial charge in [0.25, 0.3) is 0 Å². The van der Waals surface area contributed by atoms with Gasteiger partial charge in [-0.05, 0) is 48.5 Å². The average molecular weight is 426 g/mol. The van der Waals surface area contributed by atoms with E-state index in [9.17, 15) is 14.2 Å². The monoisotopic (exact) mass is 426 g/mol. The molecule has 0 unspecified atom stereocenters. The molecule has 2 atom stereocenters. The van der Waals surface area contributed by atoms with Gasteiger partial charge in [-0.1, -0.05) is 0 Å². The van der Waals surface area contributed by atoms with Crippen LogP contribution in [-0.2, 0) is 46.7 Å². The minimum Gasteiger partial charge on any atom is -0.437 e. The van der Waals surface area contributed by atoms with Gasteiger partial charge in [-0.15, -0.1) is 0 Å². The fourth-order valence-corrected chi connectivity index (χ4v) is 2.55. The number of hydrogen-bond donors (Lipinski definition) is 0. The first-order valence-electron chi connectivity index (χ1n) is 8.88. The minimum absolute atomic E-state index is 0.129. The van der Waals surface area contributed by atoms with Crippen LogP contribution in [0.3, 0.4) is 0 Å². The third kappa shape index (κ3) is 8.98. The summed E-state index contributed by atoms with van der Waals surface area (Å²) in [6.07, 6.45) is -0.875. The molecule has 1 aliphatic heterocycles. The Hall–Kier alpha value is -1.03. The van der Waals surface area contributed by atoms with Crippen molar-refractivity contribution in [2.75, 3.05) is 26.8 Å². The molecule has 11 heteroatoms. The van der Waals surface area contributed by atoms with Gasteiger partial charge in [0.15, 0.2) is 6.29 Å². The highest BCUT2D eigenvalue weighted by molar-refractivity contribution is 7.48. The van der Waals surface area contributed by atoms with Crippen LogP contribution in [0.1, 0.15) is 48.5 Å². The molecule has 0 aromatic heterocycles. The summed E-state index contributed by atoms with van der Waals surface area (Å²) in [7, 11) is -4.22. The lowest BCUT2D eigenvalue weighted by atomic mass is 9.98. The lowest BCUT2D eigenvalue weighted by molar-refractivity contribution is -0.164. The van der Waals surface area contributed by atoms with Gasteiger partial charge in [0.2, 0.25) is 13.6 Å². The summed E-state index contributed by atoms with van der Waals surface area (Å²) in [5.41, 5.74) is -1.53. The van der Waals surface area contributed by atoms with Crippen molar-refractivity contribution in [3.05, 3.63) is 0 Å². The molecule has 0 aromatic carbocycles. The molecular formula is C17H31O10P. The van der Waals surface area contributed by atoms with Crippen molar-refractivity contribution < 1.29 is 46.7 Å². The van der Waals surface area contributed by atoms with Crippen LogP contribution in [0.4, 0.5) is 0 Å². The Morgan fingerprint density at radius 2 is 1.39 bits per heavy atom. The molecule has 1 rings (SSSR count). The first-order chi connectivity index (χ1) is 12.7. The molecular weight excluding hydrogens is 395 g/mol. The number of phosphoric ester groups is 1. The van der Waals surface area contributed by atoms with E-state index >= 15 is 0 Å². The fraction of sp³-hybridized carbons (Fsp3) is 0.882. The molecule has 0 spiro atoms. The van der Waals surface area contributed by atoms with E-state index in [1.807, 2.05) is 6.92 Å². The Morgan fingerprint density at radius 1 is 0.929 bits per heavy atom. The van der Waals surface area contributed by atoms with Crippen LogP contribution in [0.5, 0.6) is 0 Å². The minimum atomic E-state index is -4.22. The lowest BCUT2D eigenvalue weighted by Crippen LogP contribution is -2.25. The summed E-state index contributed by atoms with van der Waals surface area (Å²) in [6.45, 7) is 10.5. The van der Waals surface area contributed by atoms with Crippen LogP contribution < -0.4 is 0 Å². The first kappa shape index (κ1) is 25.0. The topological polar surface area (TPSA) is 116 Å². The smallest absolute Gasteiger partial charge is 0.437 e. The number of carbonyl (C=O) groups excluding carboxylic acids is 2. The molecule has 1 aliphatic rings. The number of ether oxygens (including phenoxy) is 4. The molecule has 164 valence electrons. The lowest BCUT2D eigenvalue weighted by Gasteiger charge is -2.22. The molecule has 1 fully saturated rings. The van der Waals surface area contributed by atoms with Gasteiger partial charge in [-0.2, -0.15) is 0 Å². The molecule has 28 heavy (non-hydrogen) atoms. The van der Waals surface area contributed by atoms with E-state index in [0.29, 0.717) is 6.61 Å². The van der Waals surface area contributed by atoms with Gasteiger partial charge in [-0.25, -0.2) is 13.6 Å². The van der Waals surface area contributed by atoms with Gasteiger partial charge < -0.3 is 18.9 Å². The van der Waals surface area contributed by atoms with Crippen LogP contribution in [0.2, 0.25) is 0 Å². The van der Waals surface area contributed by atoms with Gasteiger partial charge in [0.05, 0.1) is 23.5 Å². The van der Waals surface area contributed by atoms with E-state index < -0.39 is 50.5 Å². The zero-order valence-corrected chi connectivity index (χ0v) is 18.4. The molecule has 0 N–H and O–H groups in total. The van der Waals surface area contributed by atoms with Crippen molar-refractivity contribution in [1.29, 1.82) is 0 Å². The Balaban J connectivity index is 2.60. The number of carbonyl (C=O) groups is 2. The van der Waals surface area contributed by atoms with Gasteiger partial charge in [0.1, 0.15) is 6.61 Å². The summed E-state index contributed by atoms with van der Waals surface area (Å²) < 4.78 is 48.4. The van der Waals surface area contributed by atoms with Crippen LogP contribution in [0, 0.1) is 10.8 Å². The van der Waals surface area contributed by atoms with E-state index in [1.165, 1.54) is 0 Å². The van der Waals surface area contributed by atoms with Gasteiger partial charge in [-0.3, -0.25) is 14.1 Å². The molecule has 1 heterocycles. The normalized spacial score (nSPS) is 20.8. The molecule has 0 aliphatic carbocycles. The van der Waals surface area contributed by atoms with Gasteiger partial charge >= 0.3 is 19.8 Å². The van der Waals surface area contributed by atoms with Crippen LogP contribution in [0.15, 0.2) is 0 Å². The predicted molar refractivity (Wildman–Crippen MR) is 96.8 cm³/mol. The highest BCUT2D eigenvalue weighted by Gasteiger charge is 2.34. The SMILES string of the molecule is C[C@@H]1CO[C@H](COP(=O)(OCOC(=O)C(C)(C)C)OCOC(=O)C(C)(C)C)O1. The zero-order valence-electron chi connectivity index (χ0n) is 17.5. The van der Waals surface area contributed by atoms with Crippen molar-refractivity contribution in [2.45, 2.75) is 60.9 Å². The maximum absolute atomic E-state index is 12.8. The van der Waals surface area contributed by atoms with Crippen molar-refractivity contribution in [3.63, 3.8) is 0 Å². The average Bonchev–Trinajstić information content (AvgIpc) is 2.96. The number of rotatable bonds is 9. The third-order valence-electron chi connectivity index (χ3n) is 3.30. The Morgan fingerprint density at radius 3 is 1.75 bits per heavy atom. The Labute approximate surface area is 165 Å². The molecule has 0 bridgehead atoms. The summed E-state index contributed by atoms with van der Waals surface area (Å²) >= 11 is 0. The van der Waals surface area contributed by atoms with Crippen LogP contribution >= 0.6 is 7.82 Å². The van der Waals surface area contributed by atoms with Crippen molar-refractivity contribution in [1.82, 2.24) is 0 Å². The van der Waals surface area contributed by atoms with E-state index in [-0.39, 0.29) is 12.7 Å². The van der Waals surface area contributed by atoms with Crippen molar-refractivity contribution in [3.8, 4) is 0 Å². The molecule has 0 aromatic rings. The summed E-state index contributed by atoms with van der Waals surface area (Å²) in [5, 5.41) is 0. The fourth-order valence-electron chi connectivity index (χ4n) is 1.65. The summed E-state index contributed by atoms with van der Waals surface area (Å²) in [6, 6.07) is 0. The van der Waals surface area contributed by atoms with E-state index in [0.717, 1.165) is 0 Å². The number of phosphoric acid groups is 1. The molecule has 1 saturated heterocycles. The second-order valence-electron chi connectivity index (χ2n) is 8.31. The van der Waals surface area contributed by atoms with E-state index in [1.54, 1.807) is 41.5 Å². The number of esters is 2. The quantitative estimate of drug-likeness (QED) is 0.309.